The van der Waals surface area contributed by atoms with Gasteiger partial charge in [0, 0.05) is 6.61 Å². The van der Waals surface area contributed by atoms with Crippen molar-refractivity contribution in [2.75, 3.05) is 6.61 Å². The molecule has 0 atom stereocenters. The zero-order valence-electron chi connectivity index (χ0n) is 9.84. The molecule has 2 aromatic rings. The fourth-order valence-electron chi connectivity index (χ4n) is 1.63. The highest BCUT2D eigenvalue weighted by Crippen LogP contribution is 2.24. The summed E-state index contributed by atoms with van der Waals surface area (Å²) in [4.78, 5) is 0. The van der Waals surface area contributed by atoms with Crippen LogP contribution >= 0.6 is 0 Å². The lowest BCUT2D eigenvalue weighted by atomic mass is 10.1. The average molecular weight is 239 g/mol. The molecular weight excluding hydrogens is 226 g/mol. The molecule has 2 rings (SSSR count). The molecular formula is C15H13NO2. The van der Waals surface area contributed by atoms with Gasteiger partial charge in [0.2, 0.25) is 0 Å². The van der Waals surface area contributed by atoms with Crippen LogP contribution in [0, 0.1) is 11.3 Å². The quantitative estimate of drug-likeness (QED) is 0.892. The molecule has 18 heavy (non-hydrogen) atoms. The summed E-state index contributed by atoms with van der Waals surface area (Å²) in [6.45, 7) is 0.136. The fourth-order valence-corrected chi connectivity index (χ4v) is 1.63. The number of nitriles is 1. The number of hydrogen-bond donors (Lipinski definition) is 1. The molecule has 0 spiro atoms. The Morgan fingerprint density at radius 1 is 1.06 bits per heavy atom. The minimum Gasteiger partial charge on any atom is -0.456 e. The number of hydrogen-bond acceptors (Lipinski definition) is 3. The second-order valence-corrected chi connectivity index (χ2v) is 3.83. The highest BCUT2D eigenvalue weighted by molar-refractivity contribution is 5.45. The fraction of sp³-hybridized carbons (Fsp3) is 0.133. The predicted octanol–water partition coefficient (Wildman–Crippen LogP) is 2.89. The van der Waals surface area contributed by atoms with Crippen LogP contribution in [0.4, 0.5) is 0 Å². The van der Waals surface area contributed by atoms with Gasteiger partial charge in [0.05, 0.1) is 5.56 Å². The van der Waals surface area contributed by atoms with E-state index in [9.17, 15) is 0 Å². The van der Waals surface area contributed by atoms with Crippen LogP contribution in [0.5, 0.6) is 11.5 Å². The van der Waals surface area contributed by atoms with E-state index in [1.165, 1.54) is 0 Å². The standard InChI is InChI=1S/C15H13NO2/c16-11-13-3-1-2-4-15(13)18-14-7-5-12(6-8-14)9-10-17/h1-8,17H,9-10H2. The van der Waals surface area contributed by atoms with Gasteiger partial charge in [0.1, 0.15) is 17.6 Å². The third-order valence-electron chi connectivity index (χ3n) is 2.56. The molecule has 2 aromatic carbocycles. The van der Waals surface area contributed by atoms with Crippen LogP contribution < -0.4 is 4.74 Å². The van der Waals surface area contributed by atoms with Gasteiger partial charge < -0.3 is 9.84 Å². The molecule has 3 heteroatoms. The van der Waals surface area contributed by atoms with Crippen molar-refractivity contribution < 1.29 is 9.84 Å². The van der Waals surface area contributed by atoms with Crippen molar-refractivity contribution in [1.82, 2.24) is 0 Å². The van der Waals surface area contributed by atoms with Crippen LogP contribution in [-0.4, -0.2) is 11.7 Å². The molecule has 0 fully saturated rings. The summed E-state index contributed by atoms with van der Waals surface area (Å²) < 4.78 is 5.65. The Bertz CT molecular complexity index is 555. The molecule has 0 radical (unpaired) electrons. The van der Waals surface area contributed by atoms with Crippen LogP contribution in [-0.2, 0) is 6.42 Å². The summed E-state index contributed by atoms with van der Waals surface area (Å²) in [5, 5.41) is 17.8. The maximum atomic E-state index is 8.95. The number of rotatable bonds is 4. The highest BCUT2D eigenvalue weighted by Gasteiger charge is 2.03. The van der Waals surface area contributed by atoms with Gasteiger partial charge >= 0.3 is 0 Å². The Kier molecular flexibility index (Phi) is 3.95. The van der Waals surface area contributed by atoms with Crippen molar-refractivity contribution in [3.63, 3.8) is 0 Å². The van der Waals surface area contributed by atoms with E-state index in [0.717, 1.165) is 5.56 Å². The Morgan fingerprint density at radius 3 is 2.44 bits per heavy atom. The van der Waals surface area contributed by atoms with Crippen molar-refractivity contribution in [2.45, 2.75) is 6.42 Å². The van der Waals surface area contributed by atoms with Crippen molar-refractivity contribution in [3.8, 4) is 17.6 Å². The molecule has 0 saturated heterocycles. The molecule has 0 bridgehead atoms. The molecule has 0 unspecified atom stereocenters. The van der Waals surface area contributed by atoms with Gasteiger partial charge in [0.25, 0.3) is 0 Å². The Labute approximate surface area is 106 Å². The molecule has 0 heterocycles. The molecule has 0 aromatic heterocycles. The number of ether oxygens (including phenoxy) is 1. The smallest absolute Gasteiger partial charge is 0.145 e. The second-order valence-electron chi connectivity index (χ2n) is 3.83. The Balaban J connectivity index is 2.16. The maximum absolute atomic E-state index is 8.95. The minimum atomic E-state index is 0.136. The van der Waals surface area contributed by atoms with E-state index in [1.807, 2.05) is 30.3 Å². The van der Waals surface area contributed by atoms with Crippen molar-refractivity contribution in [3.05, 3.63) is 59.7 Å². The number of nitrogens with zero attached hydrogens (tertiary/aromatic N) is 1. The summed E-state index contributed by atoms with van der Waals surface area (Å²) >= 11 is 0. The van der Waals surface area contributed by atoms with Gasteiger partial charge in [-0.05, 0) is 36.2 Å². The topological polar surface area (TPSA) is 53.2 Å². The molecule has 90 valence electrons. The third-order valence-corrected chi connectivity index (χ3v) is 2.56. The lowest BCUT2D eigenvalue weighted by Crippen LogP contribution is -1.91. The third kappa shape index (κ3) is 2.88. The van der Waals surface area contributed by atoms with E-state index in [1.54, 1.807) is 18.2 Å². The number of para-hydroxylation sites is 1. The van der Waals surface area contributed by atoms with Gasteiger partial charge in [0.15, 0.2) is 0 Å². The number of aliphatic hydroxyl groups excluding tert-OH is 1. The van der Waals surface area contributed by atoms with Gasteiger partial charge in [-0.25, -0.2) is 0 Å². The maximum Gasteiger partial charge on any atom is 0.145 e. The van der Waals surface area contributed by atoms with Crippen molar-refractivity contribution in [1.29, 1.82) is 5.26 Å². The molecule has 0 aliphatic carbocycles. The first-order chi connectivity index (χ1) is 8.83. The average Bonchev–Trinajstić information content (AvgIpc) is 2.42. The summed E-state index contributed by atoms with van der Waals surface area (Å²) in [5.74, 6) is 1.23. The first kappa shape index (κ1) is 12.2. The van der Waals surface area contributed by atoms with E-state index in [2.05, 4.69) is 6.07 Å². The minimum absolute atomic E-state index is 0.136. The van der Waals surface area contributed by atoms with Crippen LogP contribution in [0.3, 0.4) is 0 Å². The molecule has 0 aliphatic rings. The van der Waals surface area contributed by atoms with Crippen LogP contribution in [0.15, 0.2) is 48.5 Å². The van der Waals surface area contributed by atoms with E-state index in [-0.39, 0.29) is 6.61 Å². The summed E-state index contributed by atoms with van der Waals surface area (Å²) in [6.07, 6.45) is 0.634. The summed E-state index contributed by atoms with van der Waals surface area (Å²) in [5.41, 5.74) is 1.57. The Morgan fingerprint density at radius 2 is 1.78 bits per heavy atom. The molecule has 3 nitrogen and oxygen atoms in total. The normalized spacial score (nSPS) is 9.78. The van der Waals surface area contributed by atoms with Crippen molar-refractivity contribution in [2.24, 2.45) is 0 Å². The second kappa shape index (κ2) is 5.85. The number of benzene rings is 2. The van der Waals surface area contributed by atoms with E-state index in [4.69, 9.17) is 15.1 Å². The zero-order chi connectivity index (χ0) is 12.8. The molecule has 0 saturated carbocycles. The molecule has 1 N–H and O–H groups in total. The highest BCUT2D eigenvalue weighted by atomic mass is 16.5. The Hall–Kier alpha value is -2.31. The lowest BCUT2D eigenvalue weighted by Gasteiger charge is -2.07. The largest absolute Gasteiger partial charge is 0.456 e. The van der Waals surface area contributed by atoms with Gasteiger partial charge in [-0.1, -0.05) is 24.3 Å². The zero-order valence-corrected chi connectivity index (χ0v) is 9.84. The van der Waals surface area contributed by atoms with Crippen LogP contribution in [0.2, 0.25) is 0 Å². The summed E-state index contributed by atoms with van der Waals surface area (Å²) in [6, 6.07) is 16.7. The SMILES string of the molecule is N#Cc1ccccc1Oc1ccc(CCO)cc1. The molecule has 0 amide bonds. The van der Waals surface area contributed by atoms with Gasteiger partial charge in [-0.2, -0.15) is 5.26 Å². The summed E-state index contributed by atoms with van der Waals surface area (Å²) in [7, 11) is 0. The predicted molar refractivity (Wildman–Crippen MR) is 68.5 cm³/mol. The first-order valence-corrected chi connectivity index (χ1v) is 5.70. The van der Waals surface area contributed by atoms with E-state index < -0.39 is 0 Å². The van der Waals surface area contributed by atoms with E-state index in [0.29, 0.717) is 23.5 Å². The first-order valence-electron chi connectivity index (χ1n) is 5.70. The van der Waals surface area contributed by atoms with Gasteiger partial charge in [-0.3, -0.25) is 0 Å². The van der Waals surface area contributed by atoms with Crippen LogP contribution in [0.1, 0.15) is 11.1 Å². The monoisotopic (exact) mass is 239 g/mol. The van der Waals surface area contributed by atoms with E-state index >= 15 is 0 Å². The van der Waals surface area contributed by atoms with Crippen molar-refractivity contribution >= 4 is 0 Å². The molecule has 0 aliphatic heterocycles. The number of aliphatic hydroxyl groups is 1. The lowest BCUT2D eigenvalue weighted by molar-refractivity contribution is 0.299. The van der Waals surface area contributed by atoms with Crippen LogP contribution in [0.25, 0.3) is 0 Å². The van der Waals surface area contributed by atoms with Gasteiger partial charge in [-0.15, -0.1) is 0 Å².